The Hall–Kier alpha value is -2.53. The molecule has 1 amide bonds. The number of rotatable bonds is 6. The molecular formula is C15H19N3O7S. The van der Waals surface area contributed by atoms with Gasteiger partial charge in [-0.1, -0.05) is 6.07 Å². The lowest BCUT2D eigenvalue weighted by molar-refractivity contribution is -0.384. The molecule has 11 heteroatoms. The van der Waals surface area contributed by atoms with Crippen LogP contribution in [0, 0.1) is 16.0 Å². The Labute approximate surface area is 150 Å². The number of hydrogen-bond donors (Lipinski definition) is 1. The molecular weight excluding hydrogens is 366 g/mol. The average Bonchev–Trinajstić information content (AvgIpc) is 2.59. The molecule has 1 fully saturated rings. The SMILES string of the molecule is CS(=O)(=O)N1CCC(C(=O)OCC(=O)Nc2cccc([N+](=O)[O-])c2)CC1. The average molecular weight is 385 g/mol. The summed E-state index contributed by atoms with van der Waals surface area (Å²) < 4.78 is 29.1. The minimum Gasteiger partial charge on any atom is -0.455 e. The van der Waals surface area contributed by atoms with E-state index in [-0.39, 0.29) is 24.5 Å². The maximum Gasteiger partial charge on any atom is 0.309 e. The van der Waals surface area contributed by atoms with E-state index in [1.54, 1.807) is 0 Å². The zero-order valence-electron chi connectivity index (χ0n) is 14.1. The first-order valence-corrected chi connectivity index (χ1v) is 9.67. The quantitative estimate of drug-likeness (QED) is 0.433. The van der Waals surface area contributed by atoms with E-state index < -0.39 is 39.3 Å². The van der Waals surface area contributed by atoms with Gasteiger partial charge >= 0.3 is 5.97 Å². The van der Waals surface area contributed by atoms with Crippen molar-refractivity contribution in [2.45, 2.75) is 12.8 Å². The number of hydrogen-bond acceptors (Lipinski definition) is 7. The summed E-state index contributed by atoms with van der Waals surface area (Å²) in [6, 6.07) is 5.39. The molecule has 26 heavy (non-hydrogen) atoms. The number of esters is 1. The van der Waals surface area contributed by atoms with Crippen molar-refractivity contribution in [3.63, 3.8) is 0 Å². The lowest BCUT2D eigenvalue weighted by atomic mass is 9.98. The zero-order valence-corrected chi connectivity index (χ0v) is 14.9. The minimum atomic E-state index is -3.28. The molecule has 2 rings (SSSR count). The second kappa shape index (κ2) is 8.23. The number of anilines is 1. The Morgan fingerprint density at radius 3 is 2.58 bits per heavy atom. The number of ether oxygens (including phenoxy) is 1. The number of nitro groups is 1. The van der Waals surface area contributed by atoms with Gasteiger partial charge in [-0.25, -0.2) is 12.7 Å². The molecule has 10 nitrogen and oxygen atoms in total. The van der Waals surface area contributed by atoms with E-state index in [9.17, 15) is 28.1 Å². The van der Waals surface area contributed by atoms with Crippen molar-refractivity contribution in [2.24, 2.45) is 5.92 Å². The summed E-state index contributed by atoms with van der Waals surface area (Å²) in [4.78, 5) is 33.9. The topological polar surface area (TPSA) is 136 Å². The summed E-state index contributed by atoms with van der Waals surface area (Å²) in [7, 11) is -3.28. The number of nitro benzene ring substituents is 1. The van der Waals surface area contributed by atoms with Gasteiger partial charge in [0, 0.05) is 30.9 Å². The van der Waals surface area contributed by atoms with Crippen molar-refractivity contribution in [3.8, 4) is 0 Å². The third kappa shape index (κ3) is 5.49. The van der Waals surface area contributed by atoms with E-state index in [2.05, 4.69) is 5.32 Å². The predicted molar refractivity (Wildman–Crippen MR) is 91.8 cm³/mol. The zero-order chi connectivity index (χ0) is 19.3. The smallest absolute Gasteiger partial charge is 0.309 e. The van der Waals surface area contributed by atoms with Crippen molar-refractivity contribution in [2.75, 3.05) is 31.3 Å². The number of benzene rings is 1. The third-order valence-electron chi connectivity index (χ3n) is 3.94. The van der Waals surface area contributed by atoms with Crippen LogP contribution in [0.25, 0.3) is 0 Å². The molecule has 1 aliphatic heterocycles. The summed E-state index contributed by atoms with van der Waals surface area (Å²) in [6.07, 6.45) is 1.78. The standard InChI is InChI=1S/C15H19N3O7S/c1-26(23,24)17-7-5-11(6-8-17)15(20)25-10-14(19)16-12-3-2-4-13(9-12)18(21)22/h2-4,9,11H,5-8,10H2,1H3,(H,16,19). The van der Waals surface area contributed by atoms with E-state index in [0.717, 1.165) is 6.26 Å². The van der Waals surface area contributed by atoms with Crippen LogP contribution in [0.2, 0.25) is 0 Å². The maximum atomic E-state index is 12.0. The van der Waals surface area contributed by atoms with Gasteiger partial charge in [-0.15, -0.1) is 0 Å². The van der Waals surface area contributed by atoms with Gasteiger partial charge < -0.3 is 10.1 Å². The molecule has 0 spiro atoms. The molecule has 1 aromatic carbocycles. The van der Waals surface area contributed by atoms with E-state index >= 15 is 0 Å². The normalized spacial score (nSPS) is 16.0. The number of carbonyl (C=O) groups is 2. The minimum absolute atomic E-state index is 0.169. The van der Waals surface area contributed by atoms with Crippen LogP contribution in [-0.2, 0) is 24.3 Å². The molecule has 1 heterocycles. The van der Waals surface area contributed by atoms with Crippen LogP contribution in [-0.4, -0.2) is 55.5 Å². The molecule has 0 atom stereocenters. The Morgan fingerprint density at radius 2 is 2.00 bits per heavy atom. The first-order chi connectivity index (χ1) is 12.2. The van der Waals surface area contributed by atoms with Crippen molar-refractivity contribution in [1.82, 2.24) is 4.31 Å². The second-order valence-electron chi connectivity index (χ2n) is 5.90. The van der Waals surface area contributed by atoms with Crippen molar-refractivity contribution in [3.05, 3.63) is 34.4 Å². The van der Waals surface area contributed by atoms with Crippen molar-refractivity contribution in [1.29, 1.82) is 0 Å². The van der Waals surface area contributed by atoms with E-state index in [0.29, 0.717) is 12.8 Å². The van der Waals surface area contributed by atoms with Crippen LogP contribution in [0.15, 0.2) is 24.3 Å². The molecule has 0 bridgehead atoms. The second-order valence-corrected chi connectivity index (χ2v) is 7.88. The number of nitrogens with one attached hydrogen (secondary N) is 1. The molecule has 1 aliphatic rings. The third-order valence-corrected chi connectivity index (χ3v) is 5.25. The first-order valence-electron chi connectivity index (χ1n) is 7.83. The molecule has 0 aliphatic carbocycles. The molecule has 1 aromatic rings. The van der Waals surface area contributed by atoms with Gasteiger partial charge in [0.15, 0.2) is 6.61 Å². The van der Waals surface area contributed by atoms with Gasteiger partial charge in [0.1, 0.15) is 0 Å². The Morgan fingerprint density at radius 1 is 1.35 bits per heavy atom. The first kappa shape index (κ1) is 19.8. The maximum absolute atomic E-state index is 12.0. The van der Waals surface area contributed by atoms with Crippen molar-refractivity contribution < 1.29 is 27.7 Å². The van der Waals surface area contributed by atoms with Crippen molar-refractivity contribution >= 4 is 33.3 Å². The summed E-state index contributed by atoms with van der Waals surface area (Å²) in [6.45, 7) is -0.0508. The van der Waals surface area contributed by atoms with E-state index in [1.165, 1.54) is 28.6 Å². The van der Waals surface area contributed by atoms with Crippen LogP contribution in [0.5, 0.6) is 0 Å². The van der Waals surface area contributed by atoms with Gasteiger partial charge in [0.25, 0.3) is 11.6 Å². The van der Waals surface area contributed by atoms with Gasteiger partial charge in [0.05, 0.1) is 17.1 Å². The fourth-order valence-corrected chi connectivity index (χ4v) is 3.45. The monoisotopic (exact) mass is 385 g/mol. The van der Waals surface area contributed by atoms with Gasteiger partial charge in [-0.2, -0.15) is 0 Å². The highest BCUT2D eigenvalue weighted by Gasteiger charge is 2.30. The summed E-state index contributed by atoms with van der Waals surface area (Å²) >= 11 is 0. The Bertz CT molecular complexity index is 801. The highest BCUT2D eigenvalue weighted by atomic mass is 32.2. The van der Waals surface area contributed by atoms with Crippen LogP contribution in [0.1, 0.15) is 12.8 Å². The van der Waals surface area contributed by atoms with Crippen LogP contribution >= 0.6 is 0 Å². The van der Waals surface area contributed by atoms with E-state index in [1.807, 2.05) is 0 Å². The highest BCUT2D eigenvalue weighted by Crippen LogP contribution is 2.20. The number of sulfonamides is 1. The van der Waals surface area contributed by atoms with Crippen LogP contribution in [0.4, 0.5) is 11.4 Å². The molecule has 1 saturated heterocycles. The van der Waals surface area contributed by atoms with Gasteiger partial charge in [0.2, 0.25) is 10.0 Å². The summed E-state index contributed by atoms with van der Waals surface area (Å²) in [5.74, 6) is -1.64. The molecule has 0 saturated carbocycles. The highest BCUT2D eigenvalue weighted by molar-refractivity contribution is 7.88. The van der Waals surface area contributed by atoms with Gasteiger partial charge in [-0.3, -0.25) is 19.7 Å². The molecule has 0 radical (unpaired) electrons. The molecule has 0 aromatic heterocycles. The number of nitrogens with zero attached hydrogens (tertiary/aromatic N) is 2. The van der Waals surface area contributed by atoms with Gasteiger partial charge in [-0.05, 0) is 18.9 Å². The molecule has 142 valence electrons. The number of non-ortho nitro benzene ring substituents is 1. The predicted octanol–water partition coefficient (Wildman–Crippen LogP) is 0.748. The largest absolute Gasteiger partial charge is 0.455 e. The fraction of sp³-hybridized carbons (Fsp3) is 0.467. The Balaban J connectivity index is 1.80. The molecule has 0 unspecified atom stereocenters. The van der Waals surface area contributed by atoms with Crippen LogP contribution in [0.3, 0.4) is 0 Å². The molecule has 1 N–H and O–H groups in total. The lowest BCUT2D eigenvalue weighted by Crippen LogP contribution is -2.40. The number of carbonyl (C=O) groups excluding carboxylic acids is 2. The fourth-order valence-electron chi connectivity index (χ4n) is 2.57. The van der Waals surface area contributed by atoms with Crippen LogP contribution < -0.4 is 5.32 Å². The summed E-state index contributed by atoms with van der Waals surface area (Å²) in [5, 5.41) is 13.1. The van der Waals surface area contributed by atoms with E-state index in [4.69, 9.17) is 4.74 Å². The summed E-state index contributed by atoms with van der Waals surface area (Å²) in [5.41, 5.74) is 0.0548. The number of piperidine rings is 1. The lowest BCUT2D eigenvalue weighted by Gasteiger charge is -2.28. The number of amides is 1. The Kier molecular flexibility index (Phi) is 6.27.